The van der Waals surface area contributed by atoms with Crippen LogP contribution in [0.25, 0.3) is 0 Å². The molecule has 0 radical (unpaired) electrons. The highest BCUT2D eigenvalue weighted by Gasteiger charge is 2.32. The van der Waals surface area contributed by atoms with Crippen LogP contribution in [0.15, 0.2) is 11.2 Å². The van der Waals surface area contributed by atoms with Crippen LogP contribution in [0.5, 0.6) is 0 Å². The summed E-state index contributed by atoms with van der Waals surface area (Å²) < 4.78 is 47.7. The maximum Gasteiger partial charge on any atom is 0.574 e. The number of ether oxygens (including phenoxy) is 1. The smallest absolute Gasteiger partial charge is 0.386 e. The summed E-state index contributed by atoms with van der Waals surface area (Å²) >= 11 is 4.40. The van der Waals surface area contributed by atoms with Gasteiger partial charge in [0.1, 0.15) is 0 Å². The van der Waals surface area contributed by atoms with Crippen LogP contribution >= 0.6 is 11.6 Å². The van der Waals surface area contributed by atoms with Crippen LogP contribution < -0.4 is 5.73 Å². The third-order valence-corrected chi connectivity index (χ3v) is 0.598. The second-order valence-corrected chi connectivity index (χ2v) is 1.50. The summed E-state index contributed by atoms with van der Waals surface area (Å²) in [4.78, 5) is 0. The van der Waals surface area contributed by atoms with Crippen LogP contribution in [-0.2, 0) is 4.74 Å². The van der Waals surface area contributed by atoms with Crippen molar-refractivity contribution in [3.05, 3.63) is 11.2 Å². The Bertz CT molecular complexity index is 149. The molecule has 0 unspecified atom stereocenters. The van der Waals surface area contributed by atoms with E-state index in [2.05, 4.69) is 22.1 Å². The Kier molecular flexibility index (Phi) is 2.77. The second kappa shape index (κ2) is 2.96. The number of hydrogen-bond donors (Lipinski definition) is 1. The van der Waals surface area contributed by atoms with Crippen LogP contribution in [0.4, 0.5) is 17.6 Å². The van der Waals surface area contributed by atoms with Gasteiger partial charge >= 0.3 is 6.36 Å². The van der Waals surface area contributed by atoms with E-state index in [1.165, 1.54) is 0 Å². The Morgan fingerprint density at radius 3 is 1.90 bits per heavy atom. The number of alkyl halides is 3. The molecule has 0 aromatic rings. The SMILES string of the molecule is N/C(OC(F)(F)F)=C(\F)Cl. The summed E-state index contributed by atoms with van der Waals surface area (Å²) in [5.41, 5.74) is 4.33. The third kappa shape index (κ3) is 4.25. The molecule has 0 aliphatic carbocycles. The van der Waals surface area contributed by atoms with E-state index < -0.39 is 17.5 Å². The molecule has 2 N–H and O–H groups in total. The highest BCUT2D eigenvalue weighted by atomic mass is 35.5. The first-order chi connectivity index (χ1) is 4.33. The summed E-state index contributed by atoms with van der Waals surface area (Å²) in [6.07, 6.45) is -5.00. The standard InChI is InChI=1S/C3H2ClF4NO/c4-1(5)2(9)10-3(6,7)8/h9H2/b2-1+. The molecule has 0 aliphatic rings. The van der Waals surface area contributed by atoms with E-state index in [1.54, 1.807) is 0 Å². The van der Waals surface area contributed by atoms with E-state index >= 15 is 0 Å². The van der Waals surface area contributed by atoms with Gasteiger partial charge in [-0.05, 0) is 11.6 Å². The van der Waals surface area contributed by atoms with Crippen LogP contribution in [0.1, 0.15) is 0 Å². The first kappa shape index (κ1) is 9.35. The van der Waals surface area contributed by atoms with Crippen molar-refractivity contribution in [2.75, 3.05) is 0 Å². The van der Waals surface area contributed by atoms with Crippen molar-refractivity contribution in [1.82, 2.24) is 0 Å². The molecule has 2 nitrogen and oxygen atoms in total. The van der Waals surface area contributed by atoms with Gasteiger partial charge in [-0.3, -0.25) is 0 Å². The molecule has 60 valence electrons. The van der Waals surface area contributed by atoms with Crippen molar-refractivity contribution in [2.45, 2.75) is 6.36 Å². The normalized spacial score (nSPS) is 14.5. The number of hydrogen-bond acceptors (Lipinski definition) is 2. The summed E-state index contributed by atoms with van der Waals surface area (Å²) in [5.74, 6) is -1.49. The molecule has 0 bridgehead atoms. The monoisotopic (exact) mass is 179 g/mol. The molecule has 0 saturated carbocycles. The quantitative estimate of drug-likeness (QED) is 0.492. The highest BCUT2D eigenvalue weighted by Crippen LogP contribution is 2.21. The number of rotatable bonds is 1. The Hall–Kier alpha value is -0.650. The van der Waals surface area contributed by atoms with E-state index in [1.807, 2.05) is 0 Å². The van der Waals surface area contributed by atoms with Crippen LogP contribution in [0, 0.1) is 0 Å². The number of halogens is 5. The molecule has 0 heterocycles. The van der Waals surface area contributed by atoms with Gasteiger partial charge in [0.25, 0.3) is 0 Å². The minimum Gasteiger partial charge on any atom is -0.386 e. The van der Waals surface area contributed by atoms with E-state index in [4.69, 9.17) is 0 Å². The molecule has 0 aromatic heterocycles. The van der Waals surface area contributed by atoms with Crippen molar-refractivity contribution in [3.63, 3.8) is 0 Å². The third-order valence-electron chi connectivity index (χ3n) is 0.412. The lowest BCUT2D eigenvalue weighted by Gasteiger charge is -2.06. The van der Waals surface area contributed by atoms with Gasteiger partial charge in [-0.2, -0.15) is 4.39 Å². The fourth-order valence-corrected chi connectivity index (χ4v) is 0.202. The van der Waals surface area contributed by atoms with Crippen molar-refractivity contribution < 1.29 is 22.3 Å². The van der Waals surface area contributed by atoms with Crippen LogP contribution in [0.2, 0.25) is 0 Å². The average Bonchev–Trinajstić information content (AvgIpc) is 1.60. The zero-order chi connectivity index (χ0) is 8.36. The van der Waals surface area contributed by atoms with Gasteiger partial charge in [-0.15, -0.1) is 13.2 Å². The molecule has 0 fully saturated rings. The molecule has 0 spiro atoms. The van der Waals surface area contributed by atoms with Gasteiger partial charge in [0.2, 0.25) is 11.2 Å². The zero-order valence-corrected chi connectivity index (χ0v) is 5.13. The van der Waals surface area contributed by atoms with Crippen LogP contribution in [0.3, 0.4) is 0 Å². The van der Waals surface area contributed by atoms with Gasteiger partial charge in [0.15, 0.2) is 0 Å². The second-order valence-electron chi connectivity index (χ2n) is 1.17. The first-order valence-electron chi connectivity index (χ1n) is 1.89. The van der Waals surface area contributed by atoms with Crippen molar-refractivity contribution in [2.24, 2.45) is 5.73 Å². The largest absolute Gasteiger partial charge is 0.574 e. The van der Waals surface area contributed by atoms with E-state index in [-0.39, 0.29) is 0 Å². The van der Waals surface area contributed by atoms with E-state index in [9.17, 15) is 17.6 Å². The number of nitrogens with two attached hydrogens (primary N) is 1. The van der Waals surface area contributed by atoms with Crippen molar-refractivity contribution >= 4 is 11.6 Å². The lowest BCUT2D eigenvalue weighted by atomic mass is 10.9. The van der Waals surface area contributed by atoms with Gasteiger partial charge in [-0.25, -0.2) is 0 Å². The topological polar surface area (TPSA) is 35.2 Å². The average molecular weight is 180 g/mol. The Labute approximate surface area is 58.2 Å². The minimum absolute atomic E-state index is 1.49. The maximum absolute atomic E-state index is 11.5. The first-order valence-corrected chi connectivity index (χ1v) is 2.27. The fourth-order valence-electron chi connectivity index (χ4n) is 0.163. The highest BCUT2D eigenvalue weighted by molar-refractivity contribution is 6.28. The Balaban J connectivity index is 4.06. The van der Waals surface area contributed by atoms with Gasteiger partial charge in [0, 0.05) is 0 Å². The molecule has 0 saturated heterocycles. The maximum atomic E-state index is 11.5. The fraction of sp³-hybridized carbons (Fsp3) is 0.333. The van der Waals surface area contributed by atoms with Crippen molar-refractivity contribution in [1.29, 1.82) is 0 Å². The predicted octanol–water partition coefficient (Wildman–Crippen LogP) is 1.82. The molecule has 0 aromatic carbocycles. The molecule has 0 rings (SSSR count). The lowest BCUT2D eigenvalue weighted by Crippen LogP contribution is -2.17. The molecule has 7 heteroatoms. The Morgan fingerprint density at radius 1 is 1.40 bits per heavy atom. The zero-order valence-electron chi connectivity index (χ0n) is 4.38. The predicted molar refractivity (Wildman–Crippen MR) is 25.3 cm³/mol. The summed E-state index contributed by atoms with van der Waals surface area (Å²) in [6, 6.07) is 0. The van der Waals surface area contributed by atoms with E-state index in [0.29, 0.717) is 0 Å². The lowest BCUT2D eigenvalue weighted by molar-refractivity contribution is -0.306. The Morgan fingerprint density at radius 2 is 1.80 bits per heavy atom. The molecular formula is C3H2ClF4NO. The van der Waals surface area contributed by atoms with Gasteiger partial charge in [-0.1, -0.05) is 0 Å². The van der Waals surface area contributed by atoms with Gasteiger partial charge < -0.3 is 10.5 Å². The molecular weight excluding hydrogens is 177 g/mol. The minimum atomic E-state index is -5.00. The molecule has 0 atom stereocenters. The van der Waals surface area contributed by atoms with E-state index in [0.717, 1.165) is 0 Å². The molecule has 0 amide bonds. The summed E-state index contributed by atoms with van der Waals surface area (Å²) in [7, 11) is 0. The van der Waals surface area contributed by atoms with Gasteiger partial charge in [0.05, 0.1) is 0 Å². The van der Waals surface area contributed by atoms with Crippen LogP contribution in [-0.4, -0.2) is 6.36 Å². The molecule has 0 aliphatic heterocycles. The van der Waals surface area contributed by atoms with Crippen molar-refractivity contribution in [3.8, 4) is 0 Å². The summed E-state index contributed by atoms with van der Waals surface area (Å²) in [5, 5.41) is -1.72. The summed E-state index contributed by atoms with van der Waals surface area (Å²) in [6.45, 7) is 0. The molecule has 10 heavy (non-hydrogen) atoms.